The lowest BCUT2D eigenvalue weighted by atomic mass is 10.1. The van der Waals surface area contributed by atoms with Gasteiger partial charge in [-0.05, 0) is 24.6 Å². The Morgan fingerprint density at radius 3 is 2.43 bits per heavy atom. The van der Waals surface area contributed by atoms with Gasteiger partial charge in [0.15, 0.2) is 17.0 Å². The molecule has 0 saturated carbocycles. The number of methoxy groups -OCH3 is 1. The minimum Gasteiger partial charge on any atom is -0.494 e. The molecule has 0 aromatic heterocycles. The molecule has 14 heavy (non-hydrogen) atoms. The standard InChI is InChI=1S/C11H9FO2/c1-6-10(11(6)13)7-3-4-9(14-2)8(12)5-7/h3-5H,1-2H3. The fourth-order valence-electron chi connectivity index (χ4n) is 1.43. The fraction of sp³-hybridized carbons (Fsp3) is 0.182. The first-order valence-corrected chi connectivity index (χ1v) is 4.24. The summed E-state index contributed by atoms with van der Waals surface area (Å²) in [5.41, 5.74) is 2.00. The first-order valence-electron chi connectivity index (χ1n) is 4.24. The van der Waals surface area contributed by atoms with Gasteiger partial charge in [-0.15, -0.1) is 0 Å². The smallest absolute Gasteiger partial charge is 0.190 e. The molecule has 0 heterocycles. The third-order valence-corrected chi connectivity index (χ3v) is 2.32. The highest BCUT2D eigenvalue weighted by Gasteiger charge is 2.20. The van der Waals surface area contributed by atoms with Crippen LogP contribution in [0.25, 0.3) is 11.1 Å². The Morgan fingerprint density at radius 1 is 1.36 bits per heavy atom. The Labute approximate surface area is 80.6 Å². The third-order valence-electron chi connectivity index (χ3n) is 2.32. The van der Waals surface area contributed by atoms with Gasteiger partial charge in [-0.2, -0.15) is 0 Å². The molecule has 0 aliphatic heterocycles. The average molecular weight is 192 g/mol. The van der Waals surface area contributed by atoms with Gasteiger partial charge >= 0.3 is 0 Å². The maximum Gasteiger partial charge on any atom is 0.190 e. The van der Waals surface area contributed by atoms with Crippen molar-refractivity contribution in [1.82, 2.24) is 0 Å². The van der Waals surface area contributed by atoms with Crippen LogP contribution >= 0.6 is 0 Å². The summed E-state index contributed by atoms with van der Waals surface area (Å²) in [6.07, 6.45) is 0. The van der Waals surface area contributed by atoms with Crippen molar-refractivity contribution < 1.29 is 9.13 Å². The van der Waals surface area contributed by atoms with Gasteiger partial charge in [-0.1, -0.05) is 6.07 Å². The summed E-state index contributed by atoms with van der Waals surface area (Å²) in [5, 5.41) is 0. The van der Waals surface area contributed by atoms with E-state index in [1.807, 2.05) is 0 Å². The summed E-state index contributed by atoms with van der Waals surface area (Å²) in [7, 11) is 1.41. The van der Waals surface area contributed by atoms with E-state index in [0.29, 0.717) is 11.1 Å². The van der Waals surface area contributed by atoms with Gasteiger partial charge in [-0.25, -0.2) is 4.39 Å². The zero-order valence-corrected chi connectivity index (χ0v) is 7.93. The Kier molecular flexibility index (Phi) is 1.88. The molecular formula is C11H9FO2. The van der Waals surface area contributed by atoms with Crippen LogP contribution < -0.4 is 10.2 Å². The molecular weight excluding hydrogens is 183 g/mol. The summed E-state index contributed by atoms with van der Waals surface area (Å²) in [6, 6.07) is 4.53. The second-order valence-corrected chi connectivity index (χ2v) is 3.18. The van der Waals surface area contributed by atoms with Gasteiger partial charge in [0.05, 0.1) is 7.11 Å². The Morgan fingerprint density at radius 2 is 2.00 bits per heavy atom. The molecule has 0 radical (unpaired) electrons. The van der Waals surface area contributed by atoms with E-state index in [1.54, 1.807) is 13.0 Å². The zero-order chi connectivity index (χ0) is 10.3. The van der Waals surface area contributed by atoms with Crippen molar-refractivity contribution in [2.24, 2.45) is 0 Å². The lowest BCUT2D eigenvalue weighted by molar-refractivity contribution is 0.386. The second-order valence-electron chi connectivity index (χ2n) is 3.18. The van der Waals surface area contributed by atoms with E-state index < -0.39 is 5.82 Å². The number of ether oxygens (including phenoxy) is 1. The fourth-order valence-corrected chi connectivity index (χ4v) is 1.43. The lowest BCUT2D eigenvalue weighted by Crippen LogP contribution is -1.88. The van der Waals surface area contributed by atoms with Crippen LogP contribution in [0.5, 0.6) is 5.75 Å². The highest BCUT2D eigenvalue weighted by molar-refractivity contribution is 5.76. The van der Waals surface area contributed by atoms with Gasteiger partial charge < -0.3 is 4.74 Å². The Balaban J connectivity index is 2.44. The largest absolute Gasteiger partial charge is 0.494 e. The predicted molar refractivity (Wildman–Crippen MR) is 51.8 cm³/mol. The van der Waals surface area contributed by atoms with Crippen LogP contribution in [0.4, 0.5) is 4.39 Å². The molecule has 2 rings (SSSR count). The predicted octanol–water partition coefficient (Wildman–Crippen LogP) is 2.05. The van der Waals surface area contributed by atoms with Crippen molar-refractivity contribution >= 4 is 0 Å². The van der Waals surface area contributed by atoms with Gasteiger partial charge in [0.25, 0.3) is 0 Å². The second kappa shape index (κ2) is 2.94. The molecule has 0 unspecified atom stereocenters. The van der Waals surface area contributed by atoms with Crippen LogP contribution in [0.1, 0.15) is 5.56 Å². The van der Waals surface area contributed by atoms with Crippen LogP contribution in [-0.2, 0) is 0 Å². The number of rotatable bonds is 2. The molecule has 0 N–H and O–H groups in total. The molecule has 0 spiro atoms. The van der Waals surface area contributed by atoms with Gasteiger partial charge in [-0.3, -0.25) is 4.79 Å². The van der Waals surface area contributed by atoms with Crippen LogP contribution in [-0.4, -0.2) is 7.11 Å². The average Bonchev–Trinajstić information content (AvgIpc) is 2.75. The van der Waals surface area contributed by atoms with Crippen molar-refractivity contribution in [3.8, 4) is 16.9 Å². The quantitative estimate of drug-likeness (QED) is 0.727. The summed E-state index contributed by atoms with van der Waals surface area (Å²) >= 11 is 0. The maximum atomic E-state index is 13.2. The van der Waals surface area contributed by atoms with Crippen LogP contribution in [0.15, 0.2) is 23.0 Å². The Bertz CT molecular complexity index is 493. The van der Waals surface area contributed by atoms with Crippen LogP contribution in [0.3, 0.4) is 0 Å². The molecule has 2 aromatic carbocycles. The van der Waals surface area contributed by atoms with E-state index in [4.69, 9.17) is 4.74 Å². The monoisotopic (exact) mass is 192 g/mol. The molecule has 72 valence electrons. The Hall–Kier alpha value is -1.64. The molecule has 0 aliphatic rings. The highest BCUT2D eigenvalue weighted by Crippen LogP contribution is 2.28. The first-order chi connectivity index (χ1) is 6.65. The van der Waals surface area contributed by atoms with Crippen LogP contribution in [0.2, 0.25) is 0 Å². The molecule has 0 atom stereocenters. The molecule has 3 heteroatoms. The lowest BCUT2D eigenvalue weighted by Gasteiger charge is -2.01. The summed E-state index contributed by atoms with van der Waals surface area (Å²) in [5.74, 6) is -0.245. The third kappa shape index (κ3) is 1.21. The first kappa shape index (κ1) is 8.94. The van der Waals surface area contributed by atoms with Crippen molar-refractivity contribution in [2.45, 2.75) is 6.92 Å². The number of benzene rings is 1. The van der Waals surface area contributed by atoms with E-state index in [9.17, 15) is 9.18 Å². The maximum absolute atomic E-state index is 13.2. The molecule has 2 nitrogen and oxygen atoms in total. The highest BCUT2D eigenvalue weighted by atomic mass is 19.1. The van der Waals surface area contributed by atoms with Crippen molar-refractivity contribution in [3.05, 3.63) is 39.8 Å². The number of hydrogen-bond acceptors (Lipinski definition) is 2. The van der Waals surface area contributed by atoms with Crippen molar-refractivity contribution in [3.63, 3.8) is 0 Å². The molecule has 0 fully saturated rings. The SMILES string of the molecule is COc1ccc(-c2c(C)c2=O)cc1F. The van der Waals surface area contributed by atoms with E-state index in [1.165, 1.54) is 19.2 Å². The summed E-state index contributed by atoms with van der Waals surface area (Å²) in [4.78, 5) is 11.1. The van der Waals surface area contributed by atoms with E-state index >= 15 is 0 Å². The van der Waals surface area contributed by atoms with Gasteiger partial charge in [0.1, 0.15) is 0 Å². The van der Waals surface area contributed by atoms with Gasteiger partial charge in [0, 0.05) is 11.1 Å². The summed E-state index contributed by atoms with van der Waals surface area (Å²) < 4.78 is 18.0. The van der Waals surface area contributed by atoms with E-state index in [-0.39, 0.29) is 11.2 Å². The van der Waals surface area contributed by atoms with E-state index in [0.717, 1.165) is 5.56 Å². The number of hydrogen-bond donors (Lipinski definition) is 0. The van der Waals surface area contributed by atoms with Crippen molar-refractivity contribution in [2.75, 3.05) is 7.11 Å². The minimum atomic E-state index is -0.440. The molecule has 0 aliphatic carbocycles. The molecule has 0 bridgehead atoms. The molecule has 0 amide bonds. The van der Waals surface area contributed by atoms with Gasteiger partial charge in [0.2, 0.25) is 0 Å². The van der Waals surface area contributed by atoms with Crippen molar-refractivity contribution in [1.29, 1.82) is 0 Å². The molecule has 2 aromatic rings. The molecule has 0 saturated heterocycles. The van der Waals surface area contributed by atoms with Crippen LogP contribution in [0, 0.1) is 12.7 Å². The number of halogens is 1. The van der Waals surface area contributed by atoms with E-state index in [2.05, 4.69) is 0 Å². The zero-order valence-electron chi connectivity index (χ0n) is 7.93. The topological polar surface area (TPSA) is 26.3 Å². The summed E-state index contributed by atoms with van der Waals surface area (Å²) in [6.45, 7) is 1.74. The minimum absolute atomic E-state index is 0.0227. The normalized spacial score (nSPS) is 10.8.